The highest BCUT2D eigenvalue weighted by atomic mass is 16.6. The molecule has 0 unspecified atom stereocenters. The number of nitrogens with two attached hydrogens (primary N) is 1. The lowest BCUT2D eigenvalue weighted by molar-refractivity contribution is 0.0605. The lowest BCUT2D eigenvalue weighted by Crippen LogP contribution is -2.61. The number of rotatable bonds is 3. The fraction of sp³-hybridized carbons (Fsp3) is 0.364. The highest BCUT2D eigenvalue weighted by Crippen LogP contribution is 2.10. The molecular formula is C11H15N3O2. The van der Waals surface area contributed by atoms with E-state index in [2.05, 4.69) is 5.43 Å². The van der Waals surface area contributed by atoms with Crippen molar-refractivity contribution in [1.29, 1.82) is 0 Å². The van der Waals surface area contributed by atoms with Gasteiger partial charge in [0.15, 0.2) is 0 Å². The van der Waals surface area contributed by atoms with Crippen LogP contribution in [-0.4, -0.2) is 30.1 Å². The number of amides is 1. The molecule has 1 aliphatic rings. The average Bonchev–Trinajstić information content (AvgIpc) is 2.26. The first-order valence-corrected chi connectivity index (χ1v) is 5.21. The summed E-state index contributed by atoms with van der Waals surface area (Å²) in [6.07, 6.45) is -0.282. The van der Waals surface area contributed by atoms with Crippen molar-refractivity contribution in [2.75, 3.05) is 13.1 Å². The van der Waals surface area contributed by atoms with Crippen LogP contribution in [0.25, 0.3) is 0 Å². The van der Waals surface area contributed by atoms with E-state index in [0.29, 0.717) is 19.7 Å². The molecule has 0 spiro atoms. The first kappa shape index (κ1) is 10.9. The van der Waals surface area contributed by atoms with Crippen LogP contribution in [0.3, 0.4) is 0 Å². The van der Waals surface area contributed by atoms with Gasteiger partial charge < -0.3 is 9.64 Å². The van der Waals surface area contributed by atoms with Gasteiger partial charge in [0.25, 0.3) is 0 Å². The molecule has 5 nitrogen and oxygen atoms in total. The van der Waals surface area contributed by atoms with Crippen LogP contribution in [-0.2, 0) is 11.3 Å². The van der Waals surface area contributed by atoms with E-state index >= 15 is 0 Å². The molecule has 1 aliphatic heterocycles. The van der Waals surface area contributed by atoms with E-state index in [4.69, 9.17) is 10.6 Å². The van der Waals surface area contributed by atoms with Crippen LogP contribution in [0.5, 0.6) is 0 Å². The number of nitrogens with zero attached hydrogens (tertiary/aromatic N) is 1. The largest absolute Gasteiger partial charge is 0.445 e. The van der Waals surface area contributed by atoms with Gasteiger partial charge in [0.1, 0.15) is 6.61 Å². The van der Waals surface area contributed by atoms with Crippen LogP contribution in [0.2, 0.25) is 0 Å². The monoisotopic (exact) mass is 221 g/mol. The second-order valence-corrected chi connectivity index (χ2v) is 3.81. The second-order valence-electron chi connectivity index (χ2n) is 3.81. The zero-order valence-corrected chi connectivity index (χ0v) is 8.93. The summed E-state index contributed by atoms with van der Waals surface area (Å²) in [5, 5.41) is 0. The Hall–Kier alpha value is -1.59. The van der Waals surface area contributed by atoms with Crippen molar-refractivity contribution in [3.05, 3.63) is 35.9 Å². The van der Waals surface area contributed by atoms with Crippen LogP contribution in [0.4, 0.5) is 4.79 Å². The Labute approximate surface area is 94.1 Å². The summed E-state index contributed by atoms with van der Waals surface area (Å²) in [6, 6.07) is 9.81. The summed E-state index contributed by atoms with van der Waals surface area (Å²) >= 11 is 0. The molecule has 3 N–H and O–H groups in total. The fourth-order valence-electron chi connectivity index (χ4n) is 1.54. The van der Waals surface area contributed by atoms with E-state index < -0.39 is 0 Å². The van der Waals surface area contributed by atoms with Crippen LogP contribution in [0, 0.1) is 0 Å². The van der Waals surface area contributed by atoms with Crippen molar-refractivity contribution in [3.63, 3.8) is 0 Å². The first-order valence-electron chi connectivity index (χ1n) is 5.21. The third-order valence-electron chi connectivity index (χ3n) is 2.58. The number of benzene rings is 1. The van der Waals surface area contributed by atoms with E-state index in [1.807, 2.05) is 30.3 Å². The molecule has 1 fully saturated rings. The predicted molar refractivity (Wildman–Crippen MR) is 59.3 cm³/mol. The normalized spacial score (nSPS) is 15.7. The van der Waals surface area contributed by atoms with E-state index in [1.54, 1.807) is 4.90 Å². The SMILES string of the molecule is NNC1CN(C(=O)OCc2ccccc2)C1. The topological polar surface area (TPSA) is 67.6 Å². The highest BCUT2D eigenvalue weighted by Gasteiger charge is 2.30. The van der Waals surface area contributed by atoms with Crippen molar-refractivity contribution in [1.82, 2.24) is 10.3 Å². The number of carbonyl (C=O) groups excluding carboxylic acids is 1. The maximum atomic E-state index is 11.5. The number of hydrazine groups is 1. The summed E-state index contributed by atoms with van der Waals surface area (Å²) < 4.78 is 5.14. The molecule has 2 rings (SSSR count). The summed E-state index contributed by atoms with van der Waals surface area (Å²) in [4.78, 5) is 13.1. The fourth-order valence-corrected chi connectivity index (χ4v) is 1.54. The van der Waals surface area contributed by atoms with Gasteiger partial charge in [-0.25, -0.2) is 4.79 Å². The smallest absolute Gasteiger partial charge is 0.410 e. The van der Waals surface area contributed by atoms with Gasteiger partial charge in [0, 0.05) is 13.1 Å². The number of carbonyl (C=O) groups is 1. The Kier molecular flexibility index (Phi) is 3.38. The minimum Gasteiger partial charge on any atom is -0.445 e. The van der Waals surface area contributed by atoms with E-state index in [9.17, 15) is 4.79 Å². The van der Waals surface area contributed by atoms with Crippen LogP contribution >= 0.6 is 0 Å². The Morgan fingerprint density at radius 1 is 1.44 bits per heavy atom. The zero-order valence-electron chi connectivity index (χ0n) is 8.93. The molecule has 86 valence electrons. The van der Waals surface area contributed by atoms with Crippen LogP contribution < -0.4 is 11.3 Å². The van der Waals surface area contributed by atoms with Crippen molar-refractivity contribution in [2.45, 2.75) is 12.6 Å². The lowest BCUT2D eigenvalue weighted by atomic mass is 10.1. The first-order chi connectivity index (χ1) is 7.79. The molecule has 0 radical (unpaired) electrons. The number of hydrogen-bond donors (Lipinski definition) is 2. The molecular weight excluding hydrogens is 206 g/mol. The van der Waals surface area contributed by atoms with E-state index in [-0.39, 0.29) is 12.1 Å². The second kappa shape index (κ2) is 4.96. The molecule has 1 aromatic carbocycles. The molecule has 0 atom stereocenters. The maximum absolute atomic E-state index is 11.5. The average molecular weight is 221 g/mol. The molecule has 0 bridgehead atoms. The number of nitrogens with one attached hydrogen (secondary N) is 1. The Balaban J connectivity index is 1.73. The van der Waals surface area contributed by atoms with Crippen molar-refractivity contribution in [2.24, 2.45) is 5.84 Å². The van der Waals surface area contributed by atoms with Crippen molar-refractivity contribution in [3.8, 4) is 0 Å². The third-order valence-corrected chi connectivity index (χ3v) is 2.58. The third kappa shape index (κ3) is 2.50. The Bertz CT molecular complexity index is 350. The van der Waals surface area contributed by atoms with E-state index in [1.165, 1.54) is 0 Å². The van der Waals surface area contributed by atoms with Crippen molar-refractivity contribution >= 4 is 6.09 Å². The standard InChI is InChI=1S/C11H15N3O2/c12-13-10-6-14(7-10)11(15)16-8-9-4-2-1-3-5-9/h1-5,10,13H,6-8,12H2. The molecule has 0 aliphatic carbocycles. The van der Waals surface area contributed by atoms with Gasteiger partial charge in [0.05, 0.1) is 6.04 Å². The quantitative estimate of drug-likeness (QED) is 0.575. The minimum atomic E-state index is -0.282. The van der Waals surface area contributed by atoms with Crippen LogP contribution in [0.15, 0.2) is 30.3 Å². The molecule has 5 heteroatoms. The number of ether oxygens (including phenoxy) is 1. The number of hydrogen-bond acceptors (Lipinski definition) is 4. The summed E-state index contributed by atoms with van der Waals surface area (Å²) in [5.74, 6) is 5.23. The molecule has 0 aromatic heterocycles. The molecule has 0 saturated carbocycles. The predicted octanol–water partition coefficient (Wildman–Crippen LogP) is 0.471. The van der Waals surface area contributed by atoms with Gasteiger partial charge >= 0.3 is 6.09 Å². The van der Waals surface area contributed by atoms with Gasteiger partial charge in [-0.15, -0.1) is 0 Å². The van der Waals surface area contributed by atoms with Crippen LogP contribution in [0.1, 0.15) is 5.56 Å². The van der Waals surface area contributed by atoms with Gasteiger partial charge in [0.2, 0.25) is 0 Å². The van der Waals surface area contributed by atoms with E-state index in [0.717, 1.165) is 5.56 Å². The van der Waals surface area contributed by atoms with Gasteiger partial charge in [-0.1, -0.05) is 30.3 Å². The highest BCUT2D eigenvalue weighted by molar-refractivity contribution is 5.68. The summed E-state index contributed by atoms with van der Waals surface area (Å²) in [5.41, 5.74) is 3.60. The van der Waals surface area contributed by atoms with Gasteiger partial charge in [-0.05, 0) is 5.56 Å². The molecule has 1 amide bonds. The Morgan fingerprint density at radius 3 is 2.75 bits per heavy atom. The van der Waals surface area contributed by atoms with Crippen molar-refractivity contribution < 1.29 is 9.53 Å². The Morgan fingerprint density at radius 2 is 2.12 bits per heavy atom. The zero-order chi connectivity index (χ0) is 11.4. The summed E-state index contributed by atoms with van der Waals surface area (Å²) in [7, 11) is 0. The van der Waals surface area contributed by atoms with Gasteiger partial charge in [-0.3, -0.25) is 11.3 Å². The molecule has 1 heterocycles. The molecule has 1 aromatic rings. The maximum Gasteiger partial charge on any atom is 0.410 e. The van der Waals surface area contributed by atoms with Gasteiger partial charge in [-0.2, -0.15) is 0 Å². The minimum absolute atomic E-state index is 0.198. The number of likely N-dealkylation sites (tertiary alicyclic amines) is 1. The molecule has 16 heavy (non-hydrogen) atoms. The summed E-state index contributed by atoms with van der Waals surface area (Å²) in [6.45, 7) is 1.55. The lowest BCUT2D eigenvalue weighted by Gasteiger charge is -2.37. The molecule has 1 saturated heterocycles.